The third-order valence-corrected chi connectivity index (χ3v) is 3.43. The molecule has 0 unspecified atom stereocenters. The molecule has 0 aliphatic carbocycles. The molecule has 0 aliphatic heterocycles. The van der Waals surface area contributed by atoms with Gasteiger partial charge in [0.1, 0.15) is 5.75 Å². The Morgan fingerprint density at radius 1 is 1.04 bits per heavy atom. The number of benzene rings is 2. The van der Waals surface area contributed by atoms with Gasteiger partial charge in [-0.3, -0.25) is 4.79 Å². The molecule has 0 heterocycles. The largest absolute Gasteiger partial charge is 0.451 e. The van der Waals surface area contributed by atoms with Crippen molar-refractivity contribution in [2.75, 3.05) is 12.4 Å². The van der Waals surface area contributed by atoms with E-state index in [2.05, 4.69) is 10.1 Å². The Labute approximate surface area is 143 Å². The van der Waals surface area contributed by atoms with Crippen LogP contribution in [0.3, 0.4) is 0 Å². The van der Waals surface area contributed by atoms with Gasteiger partial charge in [-0.15, -0.1) is 0 Å². The molecule has 0 aromatic heterocycles. The minimum absolute atomic E-state index is 0.0563. The molecule has 5 nitrogen and oxygen atoms in total. The van der Waals surface area contributed by atoms with E-state index >= 15 is 0 Å². The lowest BCUT2D eigenvalue weighted by Gasteiger charge is -2.14. The molecule has 2 rings (SSSR count). The second-order valence-electron chi connectivity index (χ2n) is 5.11. The fraction of sp³-hybridized carbons (Fsp3) is 0.222. The SMILES string of the molecule is CNc1ccccc1C(=O)O[C@H](C)C(=O)c1ccc(OC(F)F)cc1. The van der Waals surface area contributed by atoms with E-state index in [1.54, 1.807) is 31.3 Å². The highest BCUT2D eigenvalue weighted by Gasteiger charge is 2.22. The van der Waals surface area contributed by atoms with Crippen molar-refractivity contribution in [1.29, 1.82) is 0 Å². The standard InChI is InChI=1S/C18H17F2NO4/c1-11(24-17(23)14-5-3-4-6-15(14)21-2)16(22)12-7-9-13(10-8-12)25-18(19)20/h3-11,18,21H,1-2H3/t11-/m1/s1. The Morgan fingerprint density at radius 3 is 2.28 bits per heavy atom. The number of ketones is 1. The number of para-hydroxylation sites is 1. The number of nitrogens with one attached hydrogen (secondary N) is 1. The number of rotatable bonds is 7. The van der Waals surface area contributed by atoms with Crippen LogP contribution in [0.1, 0.15) is 27.6 Å². The van der Waals surface area contributed by atoms with Crippen LogP contribution in [-0.4, -0.2) is 31.5 Å². The topological polar surface area (TPSA) is 64.6 Å². The summed E-state index contributed by atoms with van der Waals surface area (Å²) < 4.78 is 33.7. The third-order valence-electron chi connectivity index (χ3n) is 3.43. The molecule has 0 saturated carbocycles. The number of Topliss-reactive ketones (excluding diaryl/α,β-unsaturated/α-hetero) is 1. The summed E-state index contributed by atoms with van der Waals surface area (Å²) in [5.41, 5.74) is 1.12. The number of ether oxygens (including phenoxy) is 2. The minimum atomic E-state index is -2.94. The molecular formula is C18H17F2NO4. The highest BCUT2D eigenvalue weighted by atomic mass is 19.3. The van der Waals surface area contributed by atoms with Crippen molar-refractivity contribution in [1.82, 2.24) is 0 Å². The van der Waals surface area contributed by atoms with Crippen molar-refractivity contribution in [2.45, 2.75) is 19.6 Å². The summed E-state index contributed by atoms with van der Waals surface area (Å²) in [6.07, 6.45) is -1.03. The molecule has 1 atom stereocenters. The van der Waals surface area contributed by atoms with Crippen LogP contribution in [0.15, 0.2) is 48.5 Å². The number of hydrogen-bond donors (Lipinski definition) is 1. The highest BCUT2D eigenvalue weighted by molar-refractivity contribution is 6.02. The minimum Gasteiger partial charge on any atom is -0.451 e. The normalized spacial score (nSPS) is 11.7. The predicted molar refractivity (Wildman–Crippen MR) is 88.3 cm³/mol. The maximum Gasteiger partial charge on any atom is 0.387 e. The summed E-state index contributed by atoms with van der Waals surface area (Å²) in [4.78, 5) is 24.5. The molecule has 0 aliphatic rings. The van der Waals surface area contributed by atoms with E-state index in [4.69, 9.17) is 4.74 Å². The summed E-state index contributed by atoms with van der Waals surface area (Å²) in [7, 11) is 1.67. The zero-order valence-electron chi connectivity index (χ0n) is 13.7. The summed E-state index contributed by atoms with van der Waals surface area (Å²) in [6, 6.07) is 11.9. The van der Waals surface area contributed by atoms with Gasteiger partial charge in [-0.2, -0.15) is 8.78 Å². The quantitative estimate of drug-likeness (QED) is 0.609. The lowest BCUT2D eigenvalue weighted by molar-refractivity contribution is -0.0498. The van der Waals surface area contributed by atoms with Crippen LogP contribution in [0.2, 0.25) is 0 Å². The molecule has 7 heteroatoms. The molecular weight excluding hydrogens is 332 g/mol. The summed E-state index contributed by atoms with van der Waals surface area (Å²) in [6.45, 7) is -1.49. The Hall–Kier alpha value is -2.96. The average molecular weight is 349 g/mol. The first kappa shape index (κ1) is 18.4. The molecule has 0 spiro atoms. The molecule has 0 radical (unpaired) electrons. The molecule has 2 aromatic rings. The summed E-state index contributed by atoms with van der Waals surface area (Å²) >= 11 is 0. The lowest BCUT2D eigenvalue weighted by Crippen LogP contribution is -2.24. The van der Waals surface area contributed by atoms with Crippen molar-refractivity contribution in [3.63, 3.8) is 0 Å². The molecule has 0 amide bonds. The highest BCUT2D eigenvalue weighted by Crippen LogP contribution is 2.19. The van der Waals surface area contributed by atoms with E-state index in [-0.39, 0.29) is 11.3 Å². The summed E-state index contributed by atoms with van der Waals surface area (Å²) in [5, 5.41) is 2.87. The van der Waals surface area contributed by atoms with Crippen LogP contribution in [0.4, 0.5) is 14.5 Å². The van der Waals surface area contributed by atoms with E-state index in [1.165, 1.54) is 31.2 Å². The smallest absolute Gasteiger partial charge is 0.387 e. The number of anilines is 1. The second-order valence-corrected chi connectivity index (χ2v) is 5.11. The molecule has 1 N–H and O–H groups in total. The van der Waals surface area contributed by atoms with E-state index in [0.717, 1.165) is 0 Å². The Bertz CT molecular complexity index is 747. The lowest BCUT2D eigenvalue weighted by atomic mass is 10.1. The van der Waals surface area contributed by atoms with Crippen molar-refractivity contribution >= 4 is 17.4 Å². The van der Waals surface area contributed by atoms with Crippen LogP contribution in [0.25, 0.3) is 0 Å². The Morgan fingerprint density at radius 2 is 1.68 bits per heavy atom. The number of carbonyl (C=O) groups excluding carboxylic acids is 2. The predicted octanol–water partition coefficient (Wildman–Crippen LogP) is 3.76. The van der Waals surface area contributed by atoms with Gasteiger partial charge in [0.2, 0.25) is 5.78 Å². The van der Waals surface area contributed by atoms with Crippen molar-refractivity contribution in [3.05, 3.63) is 59.7 Å². The van der Waals surface area contributed by atoms with E-state index in [0.29, 0.717) is 11.3 Å². The zero-order valence-corrected chi connectivity index (χ0v) is 13.7. The van der Waals surface area contributed by atoms with E-state index in [1.807, 2.05) is 0 Å². The van der Waals surface area contributed by atoms with Gasteiger partial charge in [0.15, 0.2) is 6.10 Å². The zero-order chi connectivity index (χ0) is 18.4. The van der Waals surface area contributed by atoms with Crippen LogP contribution in [0.5, 0.6) is 5.75 Å². The third kappa shape index (κ3) is 4.76. The fourth-order valence-electron chi connectivity index (χ4n) is 2.19. The first-order valence-electron chi connectivity index (χ1n) is 7.49. The maximum atomic E-state index is 12.3. The van der Waals surface area contributed by atoms with Gasteiger partial charge in [0.25, 0.3) is 0 Å². The van der Waals surface area contributed by atoms with Crippen LogP contribution < -0.4 is 10.1 Å². The number of alkyl halides is 2. The van der Waals surface area contributed by atoms with Gasteiger partial charge >= 0.3 is 12.6 Å². The number of esters is 1. The fourth-order valence-corrected chi connectivity index (χ4v) is 2.19. The number of hydrogen-bond acceptors (Lipinski definition) is 5. The van der Waals surface area contributed by atoms with E-state index in [9.17, 15) is 18.4 Å². The van der Waals surface area contributed by atoms with Crippen LogP contribution in [-0.2, 0) is 4.74 Å². The van der Waals surface area contributed by atoms with Gasteiger partial charge in [0.05, 0.1) is 5.56 Å². The molecule has 0 fully saturated rings. The van der Waals surface area contributed by atoms with Crippen molar-refractivity contribution < 1.29 is 27.8 Å². The van der Waals surface area contributed by atoms with Gasteiger partial charge in [-0.05, 0) is 43.3 Å². The second kappa shape index (κ2) is 8.23. The van der Waals surface area contributed by atoms with Crippen LogP contribution >= 0.6 is 0 Å². The first-order chi connectivity index (χ1) is 11.9. The van der Waals surface area contributed by atoms with E-state index < -0.39 is 24.5 Å². The maximum absolute atomic E-state index is 12.3. The number of halogens is 2. The average Bonchev–Trinajstić information content (AvgIpc) is 2.61. The summed E-state index contributed by atoms with van der Waals surface area (Å²) in [5.74, 6) is -1.14. The molecule has 2 aromatic carbocycles. The van der Waals surface area contributed by atoms with Crippen LogP contribution in [0, 0.1) is 0 Å². The van der Waals surface area contributed by atoms with Crippen molar-refractivity contribution in [2.24, 2.45) is 0 Å². The molecule has 0 saturated heterocycles. The van der Waals surface area contributed by atoms with Gasteiger partial charge in [-0.1, -0.05) is 12.1 Å². The Balaban J connectivity index is 2.05. The molecule has 0 bridgehead atoms. The Kier molecular flexibility index (Phi) is 6.05. The van der Waals surface area contributed by atoms with Crippen molar-refractivity contribution in [3.8, 4) is 5.75 Å². The van der Waals surface area contributed by atoms with Gasteiger partial charge in [0, 0.05) is 18.3 Å². The monoisotopic (exact) mass is 349 g/mol. The first-order valence-corrected chi connectivity index (χ1v) is 7.49. The molecule has 25 heavy (non-hydrogen) atoms. The number of carbonyl (C=O) groups is 2. The molecule has 132 valence electrons. The van der Waals surface area contributed by atoms with Gasteiger partial charge in [-0.25, -0.2) is 4.79 Å². The van der Waals surface area contributed by atoms with Gasteiger partial charge < -0.3 is 14.8 Å².